The average Bonchev–Trinajstić information content (AvgIpc) is 2.56. The Bertz CT molecular complexity index is 296. The summed E-state index contributed by atoms with van der Waals surface area (Å²) in [7, 11) is 1.82. The molecule has 0 aromatic rings. The summed E-state index contributed by atoms with van der Waals surface area (Å²) in [5, 5.41) is 6.71. The Hall–Kier alpha value is -0.810. The molecule has 0 amide bonds. The molecule has 1 fully saturated rings. The minimum atomic E-state index is 0.741. The van der Waals surface area contributed by atoms with Crippen LogP contribution in [0.1, 0.15) is 52.4 Å². The van der Waals surface area contributed by atoms with E-state index in [1.165, 1.54) is 38.6 Å². The molecule has 0 bridgehead atoms. The predicted molar refractivity (Wildman–Crippen MR) is 94.6 cm³/mol. The molecule has 1 aliphatic rings. The fourth-order valence-corrected chi connectivity index (χ4v) is 2.95. The summed E-state index contributed by atoms with van der Waals surface area (Å²) in [5.74, 6) is 0.879. The van der Waals surface area contributed by atoms with Crippen molar-refractivity contribution in [3.8, 4) is 0 Å². The van der Waals surface area contributed by atoms with Gasteiger partial charge < -0.3 is 15.4 Å². The van der Waals surface area contributed by atoms with Crippen LogP contribution < -0.4 is 10.6 Å². The summed E-state index contributed by atoms with van der Waals surface area (Å²) in [6.45, 7) is 10.2. The zero-order valence-corrected chi connectivity index (χ0v) is 14.9. The van der Waals surface area contributed by atoms with E-state index in [9.17, 15) is 0 Å². The summed E-state index contributed by atoms with van der Waals surface area (Å²) in [5.41, 5.74) is 0. The standard InChI is InChI=1S/C17H36N4O/c1-4-6-14-22-15-11-20-17(18-3)19-10-13-21-12-8-7-9-16(21)5-2/h16H,4-15H2,1-3H3,(H2,18,19,20). The minimum absolute atomic E-state index is 0.741. The number of nitrogens with one attached hydrogen (secondary N) is 2. The SMILES string of the molecule is CCCCOCCNC(=NC)NCCN1CCCCC1CC. The monoisotopic (exact) mass is 312 g/mol. The van der Waals surface area contributed by atoms with Gasteiger partial charge in [-0.05, 0) is 32.2 Å². The highest BCUT2D eigenvalue weighted by Crippen LogP contribution is 2.18. The Morgan fingerprint density at radius 2 is 2.00 bits per heavy atom. The first-order chi connectivity index (χ1) is 10.8. The minimum Gasteiger partial charge on any atom is -0.380 e. The Labute approximate surface area is 136 Å². The third-order valence-corrected chi connectivity index (χ3v) is 4.32. The molecule has 1 atom stereocenters. The lowest BCUT2D eigenvalue weighted by Gasteiger charge is -2.35. The molecule has 0 radical (unpaired) electrons. The van der Waals surface area contributed by atoms with Gasteiger partial charge >= 0.3 is 0 Å². The zero-order valence-electron chi connectivity index (χ0n) is 14.9. The molecule has 1 heterocycles. The van der Waals surface area contributed by atoms with Crippen molar-refractivity contribution in [2.45, 2.75) is 58.4 Å². The van der Waals surface area contributed by atoms with Gasteiger partial charge in [0.25, 0.3) is 0 Å². The van der Waals surface area contributed by atoms with Crippen LogP contribution in [0.4, 0.5) is 0 Å². The summed E-state index contributed by atoms with van der Waals surface area (Å²) in [6, 6.07) is 0.775. The van der Waals surface area contributed by atoms with Crippen molar-refractivity contribution < 1.29 is 4.74 Å². The first kappa shape index (κ1) is 19.2. The van der Waals surface area contributed by atoms with Gasteiger partial charge in [-0.15, -0.1) is 0 Å². The number of piperidine rings is 1. The molecule has 0 saturated carbocycles. The molecule has 5 nitrogen and oxygen atoms in total. The quantitative estimate of drug-likeness (QED) is 0.369. The Morgan fingerprint density at radius 3 is 2.73 bits per heavy atom. The molecule has 5 heteroatoms. The molecule has 0 aromatic heterocycles. The van der Waals surface area contributed by atoms with Crippen LogP contribution in [-0.4, -0.2) is 63.3 Å². The molecule has 1 saturated heterocycles. The lowest BCUT2D eigenvalue weighted by Crippen LogP contribution is -2.46. The molecule has 1 aliphatic heterocycles. The van der Waals surface area contributed by atoms with Crippen molar-refractivity contribution in [1.29, 1.82) is 0 Å². The van der Waals surface area contributed by atoms with Crippen LogP contribution >= 0.6 is 0 Å². The Morgan fingerprint density at radius 1 is 1.18 bits per heavy atom. The van der Waals surface area contributed by atoms with Crippen molar-refractivity contribution in [1.82, 2.24) is 15.5 Å². The van der Waals surface area contributed by atoms with Gasteiger partial charge in [-0.1, -0.05) is 26.7 Å². The summed E-state index contributed by atoms with van der Waals surface area (Å²) in [6.07, 6.45) is 7.69. The van der Waals surface area contributed by atoms with Crippen molar-refractivity contribution in [2.75, 3.05) is 46.4 Å². The van der Waals surface area contributed by atoms with E-state index in [-0.39, 0.29) is 0 Å². The summed E-state index contributed by atoms with van der Waals surface area (Å²) in [4.78, 5) is 6.89. The van der Waals surface area contributed by atoms with Gasteiger partial charge in [0, 0.05) is 39.3 Å². The first-order valence-electron chi connectivity index (χ1n) is 9.08. The highest BCUT2D eigenvalue weighted by molar-refractivity contribution is 5.79. The Balaban J connectivity index is 2.10. The van der Waals surface area contributed by atoms with E-state index in [0.717, 1.165) is 51.3 Å². The van der Waals surface area contributed by atoms with E-state index < -0.39 is 0 Å². The summed E-state index contributed by atoms with van der Waals surface area (Å²) >= 11 is 0. The van der Waals surface area contributed by atoms with Crippen molar-refractivity contribution in [3.63, 3.8) is 0 Å². The van der Waals surface area contributed by atoms with Crippen LogP contribution in [0, 0.1) is 0 Å². The molecular formula is C17H36N4O. The summed E-state index contributed by atoms with van der Waals surface area (Å²) < 4.78 is 5.54. The third-order valence-electron chi connectivity index (χ3n) is 4.32. The smallest absolute Gasteiger partial charge is 0.191 e. The molecule has 1 unspecified atom stereocenters. The van der Waals surface area contributed by atoms with Crippen molar-refractivity contribution in [3.05, 3.63) is 0 Å². The van der Waals surface area contributed by atoms with E-state index in [2.05, 4.69) is 34.4 Å². The predicted octanol–water partition coefficient (Wildman–Crippen LogP) is 2.23. The second kappa shape index (κ2) is 12.7. The zero-order chi connectivity index (χ0) is 16.0. The number of likely N-dealkylation sites (tertiary alicyclic amines) is 1. The Kier molecular flexibility index (Phi) is 11.1. The molecule has 130 valence electrons. The van der Waals surface area contributed by atoms with Gasteiger partial charge in [0.15, 0.2) is 5.96 Å². The first-order valence-corrected chi connectivity index (χ1v) is 9.08. The number of guanidine groups is 1. The number of nitrogens with zero attached hydrogens (tertiary/aromatic N) is 2. The maximum absolute atomic E-state index is 5.54. The topological polar surface area (TPSA) is 48.9 Å². The van der Waals surface area contributed by atoms with E-state index in [0.29, 0.717) is 0 Å². The number of rotatable bonds is 10. The van der Waals surface area contributed by atoms with E-state index in [4.69, 9.17) is 4.74 Å². The molecule has 0 aliphatic carbocycles. The fraction of sp³-hybridized carbons (Fsp3) is 0.941. The molecule has 22 heavy (non-hydrogen) atoms. The van der Waals surface area contributed by atoms with E-state index in [1.54, 1.807) is 0 Å². The van der Waals surface area contributed by atoms with Crippen LogP contribution in [-0.2, 0) is 4.74 Å². The average molecular weight is 313 g/mol. The fourth-order valence-electron chi connectivity index (χ4n) is 2.95. The van der Waals surface area contributed by atoms with Gasteiger partial charge in [-0.2, -0.15) is 0 Å². The molecule has 0 spiro atoms. The van der Waals surface area contributed by atoms with Gasteiger partial charge in [0.05, 0.1) is 6.61 Å². The number of ether oxygens (including phenoxy) is 1. The van der Waals surface area contributed by atoms with Crippen LogP contribution in [0.15, 0.2) is 4.99 Å². The van der Waals surface area contributed by atoms with Crippen LogP contribution in [0.25, 0.3) is 0 Å². The van der Waals surface area contributed by atoms with Crippen LogP contribution in [0.2, 0.25) is 0 Å². The molecule has 1 rings (SSSR count). The third kappa shape index (κ3) is 7.99. The van der Waals surface area contributed by atoms with E-state index in [1.807, 2.05) is 7.05 Å². The van der Waals surface area contributed by atoms with Crippen LogP contribution in [0.3, 0.4) is 0 Å². The molecular weight excluding hydrogens is 276 g/mol. The van der Waals surface area contributed by atoms with Gasteiger partial charge in [0.2, 0.25) is 0 Å². The maximum atomic E-state index is 5.54. The van der Waals surface area contributed by atoms with Crippen molar-refractivity contribution >= 4 is 5.96 Å². The van der Waals surface area contributed by atoms with E-state index >= 15 is 0 Å². The number of hydrogen-bond acceptors (Lipinski definition) is 3. The molecule has 2 N–H and O–H groups in total. The van der Waals surface area contributed by atoms with Gasteiger partial charge in [-0.25, -0.2) is 0 Å². The van der Waals surface area contributed by atoms with Gasteiger partial charge in [-0.3, -0.25) is 9.89 Å². The van der Waals surface area contributed by atoms with Crippen LogP contribution in [0.5, 0.6) is 0 Å². The highest BCUT2D eigenvalue weighted by atomic mass is 16.5. The number of unbranched alkanes of at least 4 members (excludes halogenated alkanes) is 1. The maximum Gasteiger partial charge on any atom is 0.191 e. The highest BCUT2D eigenvalue weighted by Gasteiger charge is 2.19. The number of hydrogen-bond donors (Lipinski definition) is 2. The normalized spacial score (nSPS) is 20.1. The van der Waals surface area contributed by atoms with Crippen molar-refractivity contribution in [2.24, 2.45) is 4.99 Å². The molecule has 0 aromatic carbocycles. The largest absolute Gasteiger partial charge is 0.380 e. The lowest BCUT2D eigenvalue weighted by atomic mass is 10.0. The van der Waals surface area contributed by atoms with Gasteiger partial charge in [0.1, 0.15) is 0 Å². The second-order valence-electron chi connectivity index (χ2n) is 5.99. The lowest BCUT2D eigenvalue weighted by molar-refractivity contribution is 0.135. The number of aliphatic imine (C=N–C) groups is 1. The second-order valence-corrected chi connectivity index (χ2v) is 5.99.